The summed E-state index contributed by atoms with van der Waals surface area (Å²) in [5.41, 5.74) is 3.96. The molecule has 0 aromatic heterocycles. The molecule has 5 heteroatoms. The van der Waals surface area contributed by atoms with Crippen molar-refractivity contribution in [3.05, 3.63) is 113 Å². The highest BCUT2D eigenvalue weighted by Gasteiger charge is 2.34. The van der Waals surface area contributed by atoms with E-state index in [1.165, 1.54) is 17.3 Å². The first-order valence-electron chi connectivity index (χ1n) is 11.7. The molecule has 0 aliphatic carbocycles. The Labute approximate surface area is 210 Å². The molecule has 0 unspecified atom stereocenters. The Morgan fingerprint density at radius 3 is 2.43 bits per heavy atom. The normalized spacial score (nSPS) is 15.9. The van der Waals surface area contributed by atoms with Crippen molar-refractivity contribution in [2.45, 2.75) is 20.4 Å². The average molecular weight is 479 g/mol. The quantitative estimate of drug-likeness (QED) is 0.272. The van der Waals surface area contributed by atoms with Crippen LogP contribution in [0.15, 0.2) is 101 Å². The molecular weight excluding hydrogens is 452 g/mol. The van der Waals surface area contributed by atoms with E-state index in [2.05, 4.69) is 18.2 Å². The van der Waals surface area contributed by atoms with Crippen LogP contribution in [0.25, 0.3) is 16.8 Å². The maximum Gasteiger partial charge on any atom is 0.267 e. The van der Waals surface area contributed by atoms with Gasteiger partial charge in [0.05, 0.1) is 23.7 Å². The van der Waals surface area contributed by atoms with Crippen molar-refractivity contribution in [1.82, 2.24) is 4.90 Å². The Hall–Kier alpha value is -3.83. The van der Waals surface area contributed by atoms with Gasteiger partial charge in [0.25, 0.3) is 5.91 Å². The first-order chi connectivity index (χ1) is 17.1. The van der Waals surface area contributed by atoms with Gasteiger partial charge >= 0.3 is 0 Å². The van der Waals surface area contributed by atoms with Crippen LogP contribution in [0.3, 0.4) is 0 Å². The maximum atomic E-state index is 13.7. The van der Waals surface area contributed by atoms with Gasteiger partial charge in [-0.2, -0.15) is 0 Å². The topological polar surface area (TPSA) is 41.9 Å². The number of benzene rings is 4. The molecule has 35 heavy (non-hydrogen) atoms. The number of hydrogen-bond donors (Lipinski definition) is 0. The van der Waals surface area contributed by atoms with E-state index in [0.29, 0.717) is 23.2 Å². The van der Waals surface area contributed by atoms with Crippen molar-refractivity contribution < 1.29 is 9.53 Å². The molecule has 0 N–H and O–H groups in total. The van der Waals surface area contributed by atoms with Crippen LogP contribution in [-0.4, -0.2) is 22.6 Å². The summed E-state index contributed by atoms with van der Waals surface area (Å²) in [4.78, 5) is 20.9. The first-order valence-corrected chi connectivity index (χ1v) is 12.5. The van der Waals surface area contributed by atoms with Crippen LogP contribution in [-0.2, 0) is 11.3 Å². The summed E-state index contributed by atoms with van der Waals surface area (Å²) < 4.78 is 5.94. The lowest BCUT2D eigenvalue weighted by molar-refractivity contribution is -0.122. The van der Waals surface area contributed by atoms with E-state index in [0.717, 1.165) is 33.3 Å². The highest BCUT2D eigenvalue weighted by molar-refractivity contribution is 8.18. The third kappa shape index (κ3) is 5.00. The van der Waals surface area contributed by atoms with E-state index in [4.69, 9.17) is 9.73 Å². The van der Waals surface area contributed by atoms with E-state index in [1.807, 2.05) is 92.7 Å². The number of amidine groups is 1. The van der Waals surface area contributed by atoms with Crippen molar-refractivity contribution in [3.8, 4) is 5.75 Å². The SMILES string of the molecule is CCOc1ccc2ccccc2c1/C=C1/SC(=Nc2ccc(C)cc2)N(Cc2ccccc2)C1=O. The van der Waals surface area contributed by atoms with Gasteiger partial charge in [0, 0.05) is 5.56 Å². The summed E-state index contributed by atoms with van der Waals surface area (Å²) >= 11 is 1.41. The zero-order valence-corrected chi connectivity index (χ0v) is 20.6. The van der Waals surface area contributed by atoms with E-state index in [1.54, 1.807) is 4.90 Å². The Balaban J connectivity index is 1.59. The van der Waals surface area contributed by atoms with E-state index >= 15 is 0 Å². The highest BCUT2D eigenvalue weighted by Crippen LogP contribution is 2.38. The number of aliphatic imine (C=N–C) groups is 1. The Morgan fingerprint density at radius 1 is 0.914 bits per heavy atom. The summed E-state index contributed by atoms with van der Waals surface area (Å²) in [5, 5.41) is 2.83. The molecule has 4 aromatic rings. The maximum absolute atomic E-state index is 13.7. The Morgan fingerprint density at radius 2 is 1.66 bits per heavy atom. The molecular formula is C30H26N2O2S. The van der Waals surface area contributed by atoms with Gasteiger partial charge in [-0.25, -0.2) is 4.99 Å². The second-order valence-corrected chi connectivity index (χ2v) is 9.36. The zero-order chi connectivity index (χ0) is 24.2. The fraction of sp³-hybridized carbons (Fsp3) is 0.133. The fourth-order valence-corrected chi connectivity index (χ4v) is 5.04. The second kappa shape index (κ2) is 10.2. The number of ether oxygens (including phenoxy) is 1. The molecule has 0 saturated carbocycles. The van der Waals surface area contributed by atoms with E-state index < -0.39 is 0 Å². The van der Waals surface area contributed by atoms with E-state index in [-0.39, 0.29) is 5.91 Å². The van der Waals surface area contributed by atoms with E-state index in [9.17, 15) is 4.79 Å². The number of nitrogens with zero attached hydrogens (tertiary/aromatic N) is 2. The number of rotatable bonds is 6. The minimum absolute atomic E-state index is 0.0555. The molecule has 174 valence electrons. The van der Waals surface area contributed by atoms with Gasteiger partial charge in [0.1, 0.15) is 5.75 Å². The number of fused-ring (bicyclic) bond motifs is 1. The molecule has 1 aliphatic rings. The van der Waals surface area contributed by atoms with Gasteiger partial charge in [-0.1, -0.05) is 78.4 Å². The predicted octanol–water partition coefficient (Wildman–Crippen LogP) is 7.35. The van der Waals surface area contributed by atoms with Crippen LogP contribution in [0.4, 0.5) is 5.69 Å². The standard InChI is InChI=1S/C30H26N2O2S/c1-3-34-27-18-15-23-11-7-8-12-25(23)26(27)19-28-29(33)32(20-22-9-5-4-6-10-22)30(35-28)31-24-16-13-21(2)14-17-24/h4-19H,3,20H2,1-2H3/b28-19+,31-30?. The molecule has 0 radical (unpaired) electrons. The molecule has 1 aliphatic heterocycles. The molecule has 1 amide bonds. The molecule has 1 heterocycles. The number of amides is 1. The van der Waals surface area contributed by atoms with Gasteiger partial charge in [-0.05, 0) is 66.2 Å². The third-order valence-corrected chi connectivity index (χ3v) is 6.84. The molecule has 4 aromatic carbocycles. The van der Waals surface area contributed by atoms with Crippen LogP contribution in [0.5, 0.6) is 5.75 Å². The van der Waals surface area contributed by atoms with Gasteiger partial charge in [0.2, 0.25) is 0 Å². The monoisotopic (exact) mass is 478 g/mol. The smallest absolute Gasteiger partial charge is 0.267 e. The highest BCUT2D eigenvalue weighted by atomic mass is 32.2. The molecule has 0 spiro atoms. The molecule has 4 nitrogen and oxygen atoms in total. The molecule has 0 bridgehead atoms. The number of hydrogen-bond acceptors (Lipinski definition) is 4. The molecule has 1 saturated heterocycles. The lowest BCUT2D eigenvalue weighted by Gasteiger charge is -2.15. The van der Waals surface area contributed by atoms with Crippen molar-refractivity contribution >= 4 is 45.4 Å². The van der Waals surface area contributed by atoms with Crippen molar-refractivity contribution in [1.29, 1.82) is 0 Å². The van der Waals surface area contributed by atoms with Gasteiger partial charge in [-0.3, -0.25) is 9.69 Å². The Kier molecular flexibility index (Phi) is 6.68. The number of carbonyl (C=O) groups excluding carboxylic acids is 1. The number of thioether (sulfide) groups is 1. The summed E-state index contributed by atoms with van der Waals surface area (Å²) in [6.07, 6.45) is 1.95. The van der Waals surface area contributed by atoms with Crippen LogP contribution in [0.1, 0.15) is 23.6 Å². The summed E-state index contributed by atoms with van der Waals surface area (Å²) in [6.45, 7) is 5.03. The first kappa shape index (κ1) is 22.9. The number of aryl methyl sites for hydroxylation is 1. The zero-order valence-electron chi connectivity index (χ0n) is 19.8. The van der Waals surface area contributed by atoms with Gasteiger partial charge < -0.3 is 4.74 Å². The fourth-order valence-electron chi connectivity index (χ4n) is 4.06. The molecule has 1 fully saturated rings. The van der Waals surface area contributed by atoms with Crippen LogP contribution >= 0.6 is 11.8 Å². The van der Waals surface area contributed by atoms with Crippen molar-refractivity contribution in [2.75, 3.05) is 6.61 Å². The summed E-state index contributed by atoms with van der Waals surface area (Å²) in [5.74, 6) is 0.714. The van der Waals surface area contributed by atoms with Gasteiger partial charge in [-0.15, -0.1) is 0 Å². The van der Waals surface area contributed by atoms with Crippen LogP contribution in [0.2, 0.25) is 0 Å². The Bertz CT molecular complexity index is 1430. The largest absolute Gasteiger partial charge is 0.493 e. The van der Waals surface area contributed by atoms with Crippen molar-refractivity contribution in [3.63, 3.8) is 0 Å². The third-order valence-electron chi connectivity index (χ3n) is 5.84. The van der Waals surface area contributed by atoms with Crippen LogP contribution < -0.4 is 4.74 Å². The summed E-state index contributed by atoms with van der Waals surface area (Å²) in [6, 6.07) is 30.2. The van der Waals surface area contributed by atoms with Crippen LogP contribution in [0, 0.1) is 6.92 Å². The summed E-state index contributed by atoms with van der Waals surface area (Å²) in [7, 11) is 0. The molecule has 5 rings (SSSR count). The minimum Gasteiger partial charge on any atom is -0.493 e. The second-order valence-electron chi connectivity index (χ2n) is 8.35. The number of carbonyl (C=O) groups is 1. The molecule has 0 atom stereocenters. The van der Waals surface area contributed by atoms with Crippen molar-refractivity contribution in [2.24, 2.45) is 4.99 Å². The lowest BCUT2D eigenvalue weighted by atomic mass is 10.0. The minimum atomic E-state index is -0.0555. The van der Waals surface area contributed by atoms with Gasteiger partial charge in [0.15, 0.2) is 5.17 Å². The predicted molar refractivity (Wildman–Crippen MR) is 146 cm³/mol. The average Bonchev–Trinajstić information content (AvgIpc) is 3.16. The lowest BCUT2D eigenvalue weighted by Crippen LogP contribution is -2.28.